The minimum atomic E-state index is -0.524. The molecule has 0 aliphatic rings. The van der Waals surface area contributed by atoms with Gasteiger partial charge in [-0.15, -0.1) is 0 Å². The molecule has 18 heavy (non-hydrogen) atoms. The summed E-state index contributed by atoms with van der Waals surface area (Å²) in [7, 11) is 1.81. The number of anilines is 2. The number of nitriles is 1. The number of aryl methyl sites for hydroxylation is 1. The van der Waals surface area contributed by atoms with Gasteiger partial charge in [0.2, 0.25) is 0 Å². The van der Waals surface area contributed by atoms with Gasteiger partial charge in [-0.1, -0.05) is 18.2 Å². The lowest BCUT2D eigenvalue weighted by molar-refractivity contribution is 1.01. The van der Waals surface area contributed by atoms with Gasteiger partial charge >= 0.3 is 5.69 Å². The first kappa shape index (κ1) is 11.9. The number of H-pyrrole nitrogens is 1. The molecule has 0 aliphatic heterocycles. The number of hydrogen-bond acceptors (Lipinski definition) is 4. The molecule has 0 bridgehead atoms. The van der Waals surface area contributed by atoms with E-state index >= 15 is 0 Å². The molecule has 0 saturated carbocycles. The summed E-state index contributed by atoms with van der Waals surface area (Å²) in [6.07, 6.45) is 0. The zero-order valence-electron chi connectivity index (χ0n) is 10.1. The Balaban J connectivity index is 2.50. The average molecular weight is 240 g/mol. The van der Waals surface area contributed by atoms with Crippen LogP contribution in [0.3, 0.4) is 0 Å². The summed E-state index contributed by atoms with van der Waals surface area (Å²) in [5.74, 6) is 0.449. The van der Waals surface area contributed by atoms with Crippen molar-refractivity contribution >= 4 is 11.5 Å². The summed E-state index contributed by atoms with van der Waals surface area (Å²) >= 11 is 0. The van der Waals surface area contributed by atoms with Gasteiger partial charge in [-0.3, -0.25) is 4.98 Å². The van der Waals surface area contributed by atoms with Crippen LogP contribution in [0.1, 0.15) is 11.3 Å². The third-order valence-electron chi connectivity index (χ3n) is 2.67. The second kappa shape index (κ2) is 4.72. The smallest absolute Gasteiger partial charge is 0.329 e. The number of benzene rings is 1. The van der Waals surface area contributed by atoms with Gasteiger partial charge in [-0.2, -0.15) is 10.2 Å². The maximum atomic E-state index is 11.3. The quantitative estimate of drug-likeness (QED) is 0.867. The van der Waals surface area contributed by atoms with Crippen molar-refractivity contribution < 1.29 is 0 Å². The summed E-state index contributed by atoms with van der Waals surface area (Å²) < 4.78 is 0. The van der Waals surface area contributed by atoms with Crippen LogP contribution in [0, 0.1) is 18.3 Å². The molecule has 5 heteroatoms. The van der Waals surface area contributed by atoms with E-state index in [1.807, 2.05) is 44.3 Å². The lowest BCUT2D eigenvalue weighted by Gasteiger charge is -2.19. The van der Waals surface area contributed by atoms with Crippen LogP contribution in [-0.4, -0.2) is 17.0 Å². The molecule has 1 aromatic heterocycles. The van der Waals surface area contributed by atoms with E-state index in [2.05, 4.69) is 9.97 Å². The molecule has 1 N–H and O–H groups in total. The first-order chi connectivity index (χ1) is 8.61. The van der Waals surface area contributed by atoms with Gasteiger partial charge in [0, 0.05) is 18.8 Å². The van der Waals surface area contributed by atoms with Gasteiger partial charge in [0.05, 0.1) is 0 Å². The van der Waals surface area contributed by atoms with Gasteiger partial charge < -0.3 is 4.90 Å². The van der Waals surface area contributed by atoms with Crippen LogP contribution in [-0.2, 0) is 0 Å². The van der Waals surface area contributed by atoms with E-state index in [0.717, 1.165) is 11.3 Å². The summed E-state index contributed by atoms with van der Waals surface area (Å²) in [4.78, 5) is 19.4. The number of nitrogens with one attached hydrogen (secondary N) is 1. The fraction of sp³-hybridized carbons (Fsp3) is 0.154. The Labute approximate surface area is 104 Å². The topological polar surface area (TPSA) is 72.8 Å². The molecule has 2 rings (SSSR count). The molecule has 0 saturated heterocycles. The Kier molecular flexibility index (Phi) is 3.11. The Morgan fingerprint density at radius 2 is 2.11 bits per heavy atom. The van der Waals surface area contributed by atoms with E-state index in [-0.39, 0.29) is 5.69 Å². The standard InChI is InChI=1S/C13H12N4O/c1-9-5-3-4-6-11(9)17(2)12-7-10(8-14)15-13(18)16-12/h3-7H,1-2H3,(H,15,16,18). The Morgan fingerprint density at radius 3 is 2.78 bits per heavy atom. The molecule has 2 aromatic rings. The van der Waals surface area contributed by atoms with E-state index in [0.29, 0.717) is 5.82 Å². The molecule has 0 aliphatic carbocycles. The third-order valence-corrected chi connectivity index (χ3v) is 2.67. The molecule has 0 unspecified atom stereocenters. The van der Waals surface area contributed by atoms with Crippen molar-refractivity contribution in [1.29, 1.82) is 5.26 Å². The van der Waals surface area contributed by atoms with Crippen molar-refractivity contribution in [2.45, 2.75) is 6.92 Å². The summed E-state index contributed by atoms with van der Waals surface area (Å²) in [5, 5.41) is 8.83. The Hall–Kier alpha value is -2.61. The molecule has 0 amide bonds. The zero-order chi connectivity index (χ0) is 13.1. The minimum Gasteiger partial charge on any atom is -0.329 e. The van der Waals surface area contributed by atoms with Crippen molar-refractivity contribution in [1.82, 2.24) is 9.97 Å². The summed E-state index contributed by atoms with van der Waals surface area (Å²) in [6.45, 7) is 1.98. The SMILES string of the molecule is Cc1ccccc1N(C)c1cc(C#N)[nH]c(=O)n1. The van der Waals surface area contributed by atoms with E-state index in [1.54, 1.807) is 11.0 Å². The highest BCUT2D eigenvalue weighted by molar-refractivity contribution is 5.63. The maximum Gasteiger partial charge on any atom is 0.347 e. The number of nitrogens with zero attached hydrogens (tertiary/aromatic N) is 3. The molecule has 0 radical (unpaired) electrons. The van der Waals surface area contributed by atoms with Crippen molar-refractivity contribution in [3.63, 3.8) is 0 Å². The normalized spacial score (nSPS) is 9.83. The van der Waals surface area contributed by atoms with Gasteiger partial charge in [0.15, 0.2) is 0 Å². The highest BCUT2D eigenvalue weighted by atomic mass is 16.1. The van der Waals surface area contributed by atoms with Crippen LogP contribution in [0.4, 0.5) is 11.5 Å². The first-order valence-electron chi connectivity index (χ1n) is 5.42. The molecule has 90 valence electrons. The number of hydrogen-bond donors (Lipinski definition) is 1. The van der Waals surface area contributed by atoms with Crippen LogP contribution in [0.25, 0.3) is 0 Å². The maximum absolute atomic E-state index is 11.3. The predicted molar refractivity (Wildman–Crippen MR) is 68.8 cm³/mol. The third kappa shape index (κ3) is 2.23. The van der Waals surface area contributed by atoms with E-state index in [1.165, 1.54) is 0 Å². The number of aromatic nitrogens is 2. The van der Waals surface area contributed by atoms with Crippen molar-refractivity contribution in [2.24, 2.45) is 0 Å². The number of aromatic amines is 1. The van der Waals surface area contributed by atoms with E-state index in [9.17, 15) is 4.79 Å². The molecule has 0 spiro atoms. The minimum absolute atomic E-state index is 0.199. The van der Waals surface area contributed by atoms with Crippen molar-refractivity contribution in [2.75, 3.05) is 11.9 Å². The summed E-state index contributed by atoms with van der Waals surface area (Å²) in [6, 6.07) is 11.2. The second-order valence-electron chi connectivity index (χ2n) is 3.92. The molecule has 1 aromatic carbocycles. The fourth-order valence-electron chi connectivity index (χ4n) is 1.74. The monoisotopic (exact) mass is 240 g/mol. The molecular weight excluding hydrogens is 228 g/mol. The number of para-hydroxylation sites is 1. The van der Waals surface area contributed by atoms with Crippen LogP contribution in [0.15, 0.2) is 35.1 Å². The van der Waals surface area contributed by atoms with E-state index in [4.69, 9.17) is 5.26 Å². The second-order valence-corrected chi connectivity index (χ2v) is 3.92. The lowest BCUT2D eigenvalue weighted by Crippen LogP contribution is -2.19. The van der Waals surface area contributed by atoms with E-state index < -0.39 is 5.69 Å². The number of rotatable bonds is 2. The first-order valence-corrected chi connectivity index (χ1v) is 5.42. The van der Waals surface area contributed by atoms with Gasteiger partial charge in [0.1, 0.15) is 17.6 Å². The van der Waals surface area contributed by atoms with Gasteiger partial charge in [-0.25, -0.2) is 4.79 Å². The van der Waals surface area contributed by atoms with Crippen LogP contribution in [0.2, 0.25) is 0 Å². The van der Waals surface area contributed by atoms with Crippen molar-refractivity contribution in [3.8, 4) is 6.07 Å². The highest BCUT2D eigenvalue weighted by Crippen LogP contribution is 2.24. The largest absolute Gasteiger partial charge is 0.347 e. The lowest BCUT2D eigenvalue weighted by atomic mass is 10.2. The molecule has 0 atom stereocenters. The summed E-state index contributed by atoms with van der Waals surface area (Å²) in [5.41, 5.74) is 1.69. The van der Waals surface area contributed by atoms with Crippen LogP contribution >= 0.6 is 0 Å². The molecule has 5 nitrogen and oxygen atoms in total. The van der Waals surface area contributed by atoms with Gasteiger partial charge in [0.25, 0.3) is 0 Å². The van der Waals surface area contributed by atoms with Crippen LogP contribution < -0.4 is 10.6 Å². The molecular formula is C13H12N4O. The average Bonchev–Trinajstić information content (AvgIpc) is 2.37. The molecule has 1 heterocycles. The van der Waals surface area contributed by atoms with Crippen molar-refractivity contribution in [3.05, 3.63) is 52.1 Å². The van der Waals surface area contributed by atoms with Crippen LogP contribution in [0.5, 0.6) is 0 Å². The Morgan fingerprint density at radius 1 is 1.39 bits per heavy atom. The molecule has 0 fully saturated rings. The zero-order valence-corrected chi connectivity index (χ0v) is 10.1. The Bertz CT molecular complexity index is 669. The highest BCUT2D eigenvalue weighted by Gasteiger charge is 2.09. The fourth-order valence-corrected chi connectivity index (χ4v) is 1.74. The van der Waals surface area contributed by atoms with Gasteiger partial charge in [-0.05, 0) is 18.6 Å². The predicted octanol–water partition coefficient (Wildman–Crippen LogP) is 1.72.